The van der Waals surface area contributed by atoms with Gasteiger partial charge in [-0.05, 0) is 41.3 Å². The molecular weight excluding hydrogens is 444 g/mol. The third-order valence-electron chi connectivity index (χ3n) is 5.59. The monoisotopic (exact) mass is 463 g/mol. The lowest BCUT2D eigenvalue weighted by atomic mass is 9.80. The van der Waals surface area contributed by atoms with Crippen molar-refractivity contribution in [1.29, 1.82) is 0 Å². The fourth-order valence-electron chi connectivity index (χ4n) is 4.17. The van der Waals surface area contributed by atoms with Gasteiger partial charge in [-0.25, -0.2) is 23.0 Å². The molecule has 3 atom stereocenters. The van der Waals surface area contributed by atoms with E-state index in [0.29, 0.717) is 23.7 Å². The second kappa shape index (κ2) is 9.48. The average Bonchev–Trinajstić information content (AvgIpc) is 2.70. The van der Waals surface area contributed by atoms with Crippen LogP contribution in [0.15, 0.2) is 61.2 Å². The normalized spacial score (nSPS) is 17.7. The first-order chi connectivity index (χ1) is 14.9. The van der Waals surface area contributed by atoms with Gasteiger partial charge in [-0.1, -0.05) is 23.7 Å². The van der Waals surface area contributed by atoms with Gasteiger partial charge in [0.1, 0.15) is 18.0 Å². The zero-order chi connectivity index (χ0) is 22.0. The van der Waals surface area contributed by atoms with Crippen LogP contribution >= 0.6 is 11.6 Å². The second-order valence-corrected chi connectivity index (χ2v) is 9.05. The van der Waals surface area contributed by atoms with Crippen LogP contribution in [-0.4, -0.2) is 42.5 Å². The average molecular weight is 464 g/mol. The Morgan fingerprint density at radius 1 is 1.03 bits per heavy atom. The summed E-state index contributed by atoms with van der Waals surface area (Å²) < 4.78 is 48.6. The van der Waals surface area contributed by atoms with Gasteiger partial charge < -0.3 is 4.55 Å². The van der Waals surface area contributed by atoms with Gasteiger partial charge in [0.05, 0.1) is 11.8 Å². The Labute approximate surface area is 186 Å². The molecule has 5 nitrogen and oxygen atoms in total. The second-order valence-electron chi connectivity index (χ2n) is 7.64. The Morgan fingerprint density at radius 3 is 2.23 bits per heavy atom. The van der Waals surface area contributed by atoms with Crippen LogP contribution in [0.25, 0.3) is 0 Å². The van der Waals surface area contributed by atoms with E-state index in [4.69, 9.17) is 11.6 Å². The van der Waals surface area contributed by atoms with E-state index in [1.54, 1.807) is 12.4 Å². The topological polar surface area (TPSA) is 66.3 Å². The molecule has 0 saturated carbocycles. The summed E-state index contributed by atoms with van der Waals surface area (Å²) in [4.78, 5) is 10.4. The zero-order valence-electron chi connectivity index (χ0n) is 16.4. The SMILES string of the molecule is O=S(O)C[C@@H](c1cc(F)cc(F)c1)C1CN([C@H](c2ccc(Cl)cc2)c2cncnc2)C1. The minimum atomic E-state index is -2.09. The molecule has 1 N–H and O–H groups in total. The number of likely N-dealkylation sites (tertiary alicyclic amines) is 1. The lowest BCUT2D eigenvalue weighted by molar-refractivity contribution is 0.0551. The first-order valence-electron chi connectivity index (χ1n) is 9.68. The van der Waals surface area contributed by atoms with Gasteiger partial charge in [-0.2, -0.15) is 0 Å². The van der Waals surface area contributed by atoms with E-state index in [1.807, 2.05) is 24.3 Å². The van der Waals surface area contributed by atoms with Crippen molar-refractivity contribution in [2.24, 2.45) is 5.92 Å². The molecule has 1 aliphatic rings. The van der Waals surface area contributed by atoms with Crippen LogP contribution < -0.4 is 0 Å². The van der Waals surface area contributed by atoms with E-state index < -0.39 is 28.6 Å². The van der Waals surface area contributed by atoms with Crippen molar-refractivity contribution in [2.75, 3.05) is 18.8 Å². The van der Waals surface area contributed by atoms with Gasteiger partial charge in [0.25, 0.3) is 0 Å². The third kappa shape index (κ3) is 5.15. The first kappa shape index (κ1) is 22.0. The number of nitrogens with zero attached hydrogens (tertiary/aromatic N) is 3. The first-order valence-corrected chi connectivity index (χ1v) is 11.3. The van der Waals surface area contributed by atoms with Crippen LogP contribution in [0, 0.1) is 17.6 Å². The number of rotatable bonds is 7. The van der Waals surface area contributed by atoms with Crippen molar-refractivity contribution in [3.63, 3.8) is 0 Å². The molecule has 4 rings (SSSR count). The van der Waals surface area contributed by atoms with E-state index in [2.05, 4.69) is 14.9 Å². The lowest BCUT2D eigenvalue weighted by Crippen LogP contribution is -2.51. The van der Waals surface area contributed by atoms with Gasteiger partial charge in [-0.3, -0.25) is 4.90 Å². The molecule has 0 spiro atoms. The fraction of sp³-hybridized carbons (Fsp3) is 0.273. The van der Waals surface area contributed by atoms with Crippen molar-refractivity contribution >= 4 is 22.7 Å². The number of aromatic nitrogens is 2. The van der Waals surface area contributed by atoms with Crippen LogP contribution in [0.4, 0.5) is 8.78 Å². The van der Waals surface area contributed by atoms with Crippen molar-refractivity contribution < 1.29 is 17.5 Å². The molecule has 2 heterocycles. The summed E-state index contributed by atoms with van der Waals surface area (Å²) in [6.45, 7) is 1.17. The molecule has 1 aliphatic heterocycles. The molecule has 1 unspecified atom stereocenters. The maximum Gasteiger partial charge on any atom is 0.153 e. The number of hydrogen-bond acceptors (Lipinski definition) is 4. The van der Waals surface area contributed by atoms with Gasteiger partial charge in [0.15, 0.2) is 11.1 Å². The van der Waals surface area contributed by atoms with Gasteiger partial charge in [0, 0.05) is 48.1 Å². The molecule has 2 aromatic carbocycles. The number of benzene rings is 2. The molecular formula is C22H20ClF2N3O2S. The summed E-state index contributed by atoms with van der Waals surface area (Å²) in [5, 5.41) is 0.631. The summed E-state index contributed by atoms with van der Waals surface area (Å²) >= 11 is 3.95. The van der Waals surface area contributed by atoms with Crippen LogP contribution in [-0.2, 0) is 11.1 Å². The highest BCUT2D eigenvalue weighted by Gasteiger charge is 2.39. The molecule has 9 heteroatoms. The van der Waals surface area contributed by atoms with E-state index in [9.17, 15) is 17.5 Å². The van der Waals surface area contributed by atoms with Crippen molar-refractivity contribution in [3.05, 3.63) is 94.5 Å². The summed E-state index contributed by atoms with van der Waals surface area (Å²) in [7, 11) is 0. The van der Waals surface area contributed by atoms with Crippen molar-refractivity contribution in [3.8, 4) is 0 Å². The van der Waals surface area contributed by atoms with Crippen LogP contribution in [0.5, 0.6) is 0 Å². The molecule has 0 aliphatic carbocycles. The molecule has 162 valence electrons. The highest BCUT2D eigenvalue weighted by molar-refractivity contribution is 7.79. The number of hydrogen-bond donors (Lipinski definition) is 1. The maximum absolute atomic E-state index is 13.8. The number of halogens is 3. The van der Waals surface area contributed by atoms with Crippen LogP contribution in [0.2, 0.25) is 5.02 Å². The Morgan fingerprint density at radius 2 is 1.65 bits per heavy atom. The highest BCUT2D eigenvalue weighted by atomic mass is 35.5. The van der Waals surface area contributed by atoms with Gasteiger partial charge >= 0.3 is 0 Å². The van der Waals surface area contributed by atoms with Gasteiger partial charge in [0.2, 0.25) is 0 Å². The Kier molecular flexibility index (Phi) is 6.71. The molecule has 0 bridgehead atoms. The summed E-state index contributed by atoms with van der Waals surface area (Å²) in [6.07, 6.45) is 4.97. The molecule has 1 fully saturated rings. The van der Waals surface area contributed by atoms with Crippen molar-refractivity contribution in [1.82, 2.24) is 14.9 Å². The Bertz CT molecular complexity index is 1050. The summed E-state index contributed by atoms with van der Waals surface area (Å²) in [6, 6.07) is 10.7. The van der Waals surface area contributed by atoms with Gasteiger partial charge in [-0.15, -0.1) is 0 Å². The fourth-order valence-corrected chi connectivity index (χ4v) is 5.07. The minimum absolute atomic E-state index is 0.0308. The smallest absolute Gasteiger partial charge is 0.153 e. The van der Waals surface area contributed by atoms with Crippen molar-refractivity contribution in [2.45, 2.75) is 12.0 Å². The molecule has 1 aromatic heterocycles. The third-order valence-corrected chi connectivity index (χ3v) is 6.49. The van der Waals surface area contributed by atoms with Crippen LogP contribution in [0.3, 0.4) is 0 Å². The Balaban J connectivity index is 1.59. The predicted octanol–water partition coefficient (Wildman–Crippen LogP) is 4.43. The standard InChI is InChI=1S/C22H20ClF2N3O2S/c23-18-3-1-14(2-4-18)22(16-8-26-13-27-9-16)28-10-17(11-28)21(12-31(29)30)15-5-19(24)7-20(25)6-15/h1-9,13,17,21-22H,10-12H2,(H,29,30)/t21-,22+/m0/s1. The molecule has 3 aromatic rings. The maximum atomic E-state index is 13.8. The quantitative estimate of drug-likeness (QED) is 0.525. The molecule has 1 saturated heterocycles. The largest absolute Gasteiger partial charge is 0.306 e. The lowest BCUT2D eigenvalue weighted by Gasteiger charge is -2.47. The Hall–Kier alpha value is -2.26. The summed E-state index contributed by atoms with van der Waals surface area (Å²) in [5.74, 6) is -1.94. The van der Waals surface area contributed by atoms with E-state index in [-0.39, 0.29) is 17.7 Å². The van der Waals surface area contributed by atoms with E-state index >= 15 is 0 Å². The molecule has 31 heavy (non-hydrogen) atoms. The molecule has 0 radical (unpaired) electrons. The zero-order valence-corrected chi connectivity index (χ0v) is 17.9. The summed E-state index contributed by atoms with van der Waals surface area (Å²) in [5.41, 5.74) is 2.31. The van der Waals surface area contributed by atoms with Crippen LogP contribution in [0.1, 0.15) is 28.7 Å². The minimum Gasteiger partial charge on any atom is -0.306 e. The predicted molar refractivity (Wildman–Crippen MR) is 115 cm³/mol. The van der Waals surface area contributed by atoms with E-state index in [0.717, 1.165) is 17.2 Å². The molecule has 0 amide bonds. The van der Waals surface area contributed by atoms with E-state index in [1.165, 1.54) is 18.5 Å². The highest BCUT2D eigenvalue weighted by Crippen LogP contribution is 2.40.